The Morgan fingerprint density at radius 3 is 2.33 bits per heavy atom. The molecule has 0 saturated heterocycles. The van der Waals surface area contributed by atoms with E-state index >= 15 is 0 Å². The van der Waals surface area contributed by atoms with Gasteiger partial charge in [-0.2, -0.15) is 0 Å². The molecule has 0 rings (SSSR count). The third kappa shape index (κ3) is 3.59. The van der Waals surface area contributed by atoms with Crippen LogP contribution in [0.2, 0.25) is 0 Å². The van der Waals surface area contributed by atoms with Gasteiger partial charge in [0.25, 0.3) is 0 Å². The van der Waals surface area contributed by atoms with Gasteiger partial charge in [-0.1, -0.05) is 0 Å². The van der Waals surface area contributed by atoms with Crippen molar-refractivity contribution >= 4 is 6.29 Å². The standard InChI is InChI=1S/C3H6NO2/c4-3(6)1-2-5/h1-3,6H,4H2. The molecule has 0 aromatic rings. The normalized spacial score (nSPS) is 13.7. The van der Waals surface area contributed by atoms with E-state index in [4.69, 9.17) is 5.11 Å². The zero-order valence-corrected chi connectivity index (χ0v) is 3.16. The van der Waals surface area contributed by atoms with Crippen LogP contribution in [0.1, 0.15) is 0 Å². The average molecular weight is 88.1 g/mol. The summed E-state index contributed by atoms with van der Waals surface area (Å²) in [7, 11) is 0. The summed E-state index contributed by atoms with van der Waals surface area (Å²) in [6.07, 6.45) is 0.299. The Kier molecular flexibility index (Phi) is 2.62. The fraction of sp³-hybridized carbons (Fsp3) is 0.333. The molecule has 1 atom stereocenters. The molecule has 0 aliphatic heterocycles. The Labute approximate surface area is 35.8 Å². The van der Waals surface area contributed by atoms with Gasteiger partial charge in [0, 0.05) is 0 Å². The lowest BCUT2D eigenvalue weighted by Gasteiger charge is -1.90. The monoisotopic (exact) mass is 88.0 g/mol. The quantitative estimate of drug-likeness (QED) is 0.324. The highest BCUT2D eigenvalue weighted by Crippen LogP contribution is 1.68. The summed E-state index contributed by atoms with van der Waals surface area (Å²) >= 11 is 0. The number of aldehydes is 1. The highest BCUT2D eigenvalue weighted by atomic mass is 16.3. The summed E-state index contributed by atoms with van der Waals surface area (Å²) in [4.78, 5) is 9.32. The Morgan fingerprint density at radius 1 is 1.83 bits per heavy atom. The predicted molar refractivity (Wildman–Crippen MR) is 20.6 cm³/mol. The van der Waals surface area contributed by atoms with Gasteiger partial charge in [0.2, 0.25) is 0 Å². The second-order valence-corrected chi connectivity index (χ2v) is 0.819. The zero-order valence-electron chi connectivity index (χ0n) is 3.16. The molecule has 0 aliphatic carbocycles. The van der Waals surface area contributed by atoms with Gasteiger partial charge in [-0.3, -0.25) is 0 Å². The van der Waals surface area contributed by atoms with Gasteiger partial charge in [-0.05, 0) is 0 Å². The van der Waals surface area contributed by atoms with Gasteiger partial charge in [0.15, 0.2) is 0 Å². The minimum atomic E-state index is -1.09. The molecule has 1 radical (unpaired) electrons. The molecule has 0 bridgehead atoms. The van der Waals surface area contributed by atoms with Crippen LogP contribution in [0.25, 0.3) is 0 Å². The lowest BCUT2D eigenvalue weighted by molar-refractivity contribution is -0.106. The molecule has 0 saturated carbocycles. The number of rotatable bonds is 2. The van der Waals surface area contributed by atoms with E-state index in [0.717, 1.165) is 6.42 Å². The first-order valence-electron chi connectivity index (χ1n) is 1.49. The van der Waals surface area contributed by atoms with Crippen molar-refractivity contribution in [3.63, 3.8) is 0 Å². The summed E-state index contributed by atoms with van der Waals surface area (Å²) in [5.74, 6) is 0. The van der Waals surface area contributed by atoms with Crippen molar-refractivity contribution in [2.45, 2.75) is 6.23 Å². The molecular formula is C3H6NO2. The highest BCUT2D eigenvalue weighted by Gasteiger charge is 1.88. The molecule has 3 N–H and O–H groups in total. The molecule has 0 heterocycles. The van der Waals surface area contributed by atoms with E-state index in [1.165, 1.54) is 0 Å². The van der Waals surface area contributed by atoms with Crippen LogP contribution in [0, 0.1) is 6.42 Å². The van der Waals surface area contributed by atoms with E-state index in [1.54, 1.807) is 0 Å². The number of aliphatic hydroxyl groups excluding tert-OH is 1. The summed E-state index contributed by atoms with van der Waals surface area (Å²) in [5.41, 5.74) is 4.67. The SMILES string of the molecule is NC(O)[CH]C=O. The van der Waals surface area contributed by atoms with E-state index in [0.29, 0.717) is 6.29 Å². The van der Waals surface area contributed by atoms with E-state index in [2.05, 4.69) is 5.73 Å². The second-order valence-electron chi connectivity index (χ2n) is 0.819. The molecule has 3 nitrogen and oxygen atoms in total. The molecule has 0 aromatic carbocycles. The first-order valence-corrected chi connectivity index (χ1v) is 1.49. The maximum atomic E-state index is 9.32. The lowest BCUT2D eigenvalue weighted by atomic mass is 10.4. The van der Waals surface area contributed by atoms with Gasteiger partial charge in [0.1, 0.15) is 12.5 Å². The van der Waals surface area contributed by atoms with Crippen LogP contribution in [0.15, 0.2) is 0 Å². The number of nitrogens with two attached hydrogens (primary N) is 1. The minimum Gasteiger partial charge on any atom is -0.378 e. The molecule has 0 aromatic heterocycles. The molecule has 0 amide bonds. The van der Waals surface area contributed by atoms with Gasteiger partial charge in [0.05, 0.1) is 6.42 Å². The molecule has 35 valence electrons. The molecule has 0 fully saturated rings. The van der Waals surface area contributed by atoms with Crippen LogP contribution < -0.4 is 5.73 Å². The van der Waals surface area contributed by atoms with Gasteiger partial charge in [-0.15, -0.1) is 0 Å². The smallest absolute Gasteiger partial charge is 0.127 e. The number of hydrogen-bond acceptors (Lipinski definition) is 3. The molecule has 1 unspecified atom stereocenters. The first kappa shape index (κ1) is 5.59. The van der Waals surface area contributed by atoms with E-state index < -0.39 is 6.23 Å². The van der Waals surface area contributed by atoms with Crippen molar-refractivity contribution < 1.29 is 9.90 Å². The minimum absolute atomic E-state index is 0.449. The van der Waals surface area contributed by atoms with Crippen LogP contribution in [0.4, 0.5) is 0 Å². The fourth-order valence-electron chi connectivity index (χ4n) is 0.0805. The van der Waals surface area contributed by atoms with Crippen molar-refractivity contribution in [1.29, 1.82) is 0 Å². The van der Waals surface area contributed by atoms with E-state index in [9.17, 15) is 4.79 Å². The summed E-state index contributed by atoms with van der Waals surface area (Å²) < 4.78 is 0. The summed E-state index contributed by atoms with van der Waals surface area (Å²) in [6.45, 7) is 0. The maximum Gasteiger partial charge on any atom is 0.127 e. The average Bonchev–Trinajstić information content (AvgIpc) is 1.35. The Morgan fingerprint density at radius 2 is 2.33 bits per heavy atom. The van der Waals surface area contributed by atoms with Crippen LogP contribution in [0.5, 0.6) is 0 Å². The number of aliphatic hydroxyl groups is 1. The summed E-state index contributed by atoms with van der Waals surface area (Å²) in [5, 5.41) is 8.04. The van der Waals surface area contributed by atoms with E-state index in [1.807, 2.05) is 0 Å². The summed E-state index contributed by atoms with van der Waals surface area (Å²) in [6, 6.07) is 0. The van der Waals surface area contributed by atoms with Gasteiger partial charge >= 0.3 is 0 Å². The highest BCUT2D eigenvalue weighted by molar-refractivity contribution is 5.61. The number of carbonyl (C=O) groups is 1. The van der Waals surface area contributed by atoms with E-state index in [-0.39, 0.29) is 0 Å². The third-order valence-electron chi connectivity index (χ3n) is 0.276. The molecular weight excluding hydrogens is 82.0 g/mol. The van der Waals surface area contributed by atoms with Crippen LogP contribution in [-0.4, -0.2) is 17.6 Å². The maximum absolute atomic E-state index is 9.32. The van der Waals surface area contributed by atoms with Crippen molar-refractivity contribution in [2.24, 2.45) is 5.73 Å². The van der Waals surface area contributed by atoms with Crippen molar-refractivity contribution in [1.82, 2.24) is 0 Å². The molecule has 0 spiro atoms. The topological polar surface area (TPSA) is 63.3 Å². The Bertz CT molecular complexity index is 44.1. The third-order valence-corrected chi connectivity index (χ3v) is 0.276. The Hall–Kier alpha value is -0.410. The lowest BCUT2D eigenvalue weighted by Crippen LogP contribution is -2.19. The van der Waals surface area contributed by atoms with Gasteiger partial charge in [-0.25, -0.2) is 0 Å². The largest absolute Gasteiger partial charge is 0.378 e. The van der Waals surface area contributed by atoms with Crippen molar-refractivity contribution in [3.8, 4) is 0 Å². The molecule has 0 aliphatic rings. The number of carbonyl (C=O) groups excluding carboxylic acids is 1. The number of hydrogen-bond donors (Lipinski definition) is 2. The predicted octanol–water partition coefficient (Wildman–Crippen LogP) is -1.33. The first-order chi connectivity index (χ1) is 2.77. The van der Waals surface area contributed by atoms with Gasteiger partial charge < -0.3 is 15.6 Å². The Balaban J connectivity index is 2.81. The second kappa shape index (κ2) is 2.81. The fourth-order valence-corrected chi connectivity index (χ4v) is 0.0805. The zero-order chi connectivity index (χ0) is 4.99. The van der Waals surface area contributed by atoms with Crippen LogP contribution >= 0.6 is 0 Å². The molecule has 6 heavy (non-hydrogen) atoms. The van der Waals surface area contributed by atoms with Crippen molar-refractivity contribution in [3.05, 3.63) is 6.42 Å². The van der Waals surface area contributed by atoms with Crippen LogP contribution in [-0.2, 0) is 4.79 Å². The molecule has 3 heteroatoms. The van der Waals surface area contributed by atoms with Crippen LogP contribution in [0.3, 0.4) is 0 Å². The van der Waals surface area contributed by atoms with Crippen molar-refractivity contribution in [2.75, 3.05) is 0 Å².